The van der Waals surface area contributed by atoms with Crippen molar-refractivity contribution in [3.63, 3.8) is 0 Å². The molecule has 1 aromatic carbocycles. The quantitative estimate of drug-likeness (QED) is 0.877. The number of benzene rings is 1. The Morgan fingerprint density at radius 3 is 2.18 bits per heavy atom. The van der Waals surface area contributed by atoms with Gasteiger partial charge in [-0.1, -0.05) is 0 Å². The fourth-order valence-electron chi connectivity index (χ4n) is 4.02. The number of hydrogen-bond acceptors (Lipinski definition) is 6. The number of aromatic hydroxyl groups is 1. The van der Waals surface area contributed by atoms with Crippen molar-refractivity contribution in [2.45, 2.75) is 19.8 Å². The molecule has 7 nitrogen and oxygen atoms in total. The Bertz CT molecular complexity index is 725. The van der Waals surface area contributed by atoms with E-state index in [2.05, 4.69) is 20.0 Å². The minimum atomic E-state index is 0.106. The molecule has 148 valence electrons. The predicted octanol–water partition coefficient (Wildman–Crippen LogP) is 2.06. The third-order valence-electron chi connectivity index (χ3n) is 5.76. The lowest BCUT2D eigenvalue weighted by Gasteiger charge is -2.39. The van der Waals surface area contributed by atoms with Crippen LogP contribution in [0, 0.1) is 12.8 Å². The number of aromatic nitrogens is 2. The van der Waals surface area contributed by atoms with E-state index >= 15 is 0 Å². The van der Waals surface area contributed by atoms with E-state index in [1.165, 1.54) is 0 Å². The van der Waals surface area contributed by atoms with Gasteiger partial charge < -0.3 is 19.8 Å². The molecule has 3 heterocycles. The van der Waals surface area contributed by atoms with Crippen LogP contribution in [-0.2, 0) is 4.79 Å². The molecule has 1 aromatic heterocycles. The van der Waals surface area contributed by atoms with Crippen molar-refractivity contribution < 1.29 is 9.90 Å². The first-order valence-corrected chi connectivity index (χ1v) is 9.98. The van der Waals surface area contributed by atoms with Crippen LogP contribution in [0.2, 0.25) is 0 Å². The standard InChI is InChI=1S/C21H27N5O2/c1-16-2-7-20(23-22-16)25-10-8-17(9-11-25)21(28)26-14-12-24(13-15-26)18-3-5-19(27)6-4-18/h2-7,17,27H,8-15H2,1H3. The maximum absolute atomic E-state index is 13.0. The molecule has 0 atom stereocenters. The van der Waals surface area contributed by atoms with Crippen LogP contribution in [0.5, 0.6) is 5.75 Å². The van der Waals surface area contributed by atoms with Crippen molar-refractivity contribution >= 4 is 17.4 Å². The van der Waals surface area contributed by atoms with Gasteiger partial charge in [-0.3, -0.25) is 4.79 Å². The molecule has 4 rings (SSSR count). The summed E-state index contributed by atoms with van der Waals surface area (Å²) < 4.78 is 0. The van der Waals surface area contributed by atoms with Crippen LogP contribution in [0.15, 0.2) is 36.4 Å². The molecule has 2 aliphatic heterocycles. The topological polar surface area (TPSA) is 72.8 Å². The highest BCUT2D eigenvalue weighted by Gasteiger charge is 2.30. The van der Waals surface area contributed by atoms with E-state index in [0.717, 1.165) is 69.3 Å². The zero-order valence-corrected chi connectivity index (χ0v) is 16.3. The number of carbonyl (C=O) groups excluding carboxylic acids is 1. The molecule has 1 N–H and O–H groups in total. The summed E-state index contributed by atoms with van der Waals surface area (Å²) in [6.07, 6.45) is 1.74. The first-order valence-electron chi connectivity index (χ1n) is 9.98. The van der Waals surface area contributed by atoms with Gasteiger partial charge in [-0.2, -0.15) is 5.10 Å². The van der Waals surface area contributed by atoms with Gasteiger partial charge in [0, 0.05) is 50.9 Å². The minimum Gasteiger partial charge on any atom is -0.508 e. The average molecular weight is 381 g/mol. The largest absolute Gasteiger partial charge is 0.508 e. The maximum atomic E-state index is 13.0. The van der Waals surface area contributed by atoms with Crippen molar-refractivity contribution in [2.24, 2.45) is 5.92 Å². The number of amides is 1. The second-order valence-corrected chi connectivity index (χ2v) is 7.62. The molecule has 2 saturated heterocycles. The summed E-state index contributed by atoms with van der Waals surface area (Å²) in [5.74, 6) is 1.58. The highest BCUT2D eigenvalue weighted by atomic mass is 16.3. The number of nitrogens with zero attached hydrogens (tertiary/aromatic N) is 5. The first kappa shape index (κ1) is 18.5. The number of phenols is 1. The van der Waals surface area contributed by atoms with E-state index in [1.54, 1.807) is 12.1 Å². The van der Waals surface area contributed by atoms with E-state index in [9.17, 15) is 9.90 Å². The van der Waals surface area contributed by atoms with Gasteiger partial charge in [0.1, 0.15) is 5.75 Å². The zero-order chi connectivity index (χ0) is 19.5. The van der Waals surface area contributed by atoms with Crippen LogP contribution in [0.4, 0.5) is 11.5 Å². The highest BCUT2D eigenvalue weighted by molar-refractivity contribution is 5.79. The number of piperazine rings is 1. The lowest BCUT2D eigenvalue weighted by molar-refractivity contribution is -0.136. The monoisotopic (exact) mass is 381 g/mol. The van der Waals surface area contributed by atoms with Crippen LogP contribution in [0.1, 0.15) is 18.5 Å². The SMILES string of the molecule is Cc1ccc(N2CCC(C(=O)N3CCN(c4ccc(O)cc4)CC3)CC2)nn1. The van der Waals surface area contributed by atoms with Crippen molar-refractivity contribution in [1.82, 2.24) is 15.1 Å². The number of aryl methyl sites for hydroxylation is 1. The van der Waals surface area contributed by atoms with E-state index in [4.69, 9.17) is 0 Å². The summed E-state index contributed by atoms with van der Waals surface area (Å²) in [6.45, 7) is 6.79. The van der Waals surface area contributed by atoms with Crippen LogP contribution in [0.3, 0.4) is 0 Å². The fourth-order valence-corrected chi connectivity index (χ4v) is 4.02. The number of phenolic OH excluding ortho intramolecular Hbond substituents is 1. The summed E-state index contributed by atoms with van der Waals surface area (Å²) in [5, 5.41) is 17.8. The molecule has 1 amide bonds. The number of carbonyl (C=O) groups is 1. The minimum absolute atomic E-state index is 0.106. The molecule has 0 aliphatic carbocycles. The molecule has 28 heavy (non-hydrogen) atoms. The van der Waals surface area contributed by atoms with E-state index in [0.29, 0.717) is 5.91 Å². The lowest BCUT2D eigenvalue weighted by Crippen LogP contribution is -2.51. The Morgan fingerprint density at radius 2 is 1.57 bits per heavy atom. The van der Waals surface area contributed by atoms with E-state index in [-0.39, 0.29) is 11.7 Å². The van der Waals surface area contributed by atoms with Crippen molar-refractivity contribution in [3.8, 4) is 5.75 Å². The molecule has 0 unspecified atom stereocenters. The van der Waals surface area contributed by atoms with Crippen molar-refractivity contribution in [2.75, 3.05) is 49.1 Å². The molecule has 0 bridgehead atoms. The fraction of sp³-hybridized carbons (Fsp3) is 0.476. The van der Waals surface area contributed by atoms with Gasteiger partial charge in [0.2, 0.25) is 5.91 Å². The Balaban J connectivity index is 1.28. The van der Waals surface area contributed by atoms with E-state index in [1.807, 2.05) is 36.1 Å². The summed E-state index contributed by atoms with van der Waals surface area (Å²) >= 11 is 0. The Labute approximate surface area is 165 Å². The molecule has 2 aliphatic rings. The van der Waals surface area contributed by atoms with Gasteiger partial charge >= 0.3 is 0 Å². The van der Waals surface area contributed by atoms with Crippen LogP contribution in [0.25, 0.3) is 0 Å². The number of piperidine rings is 1. The number of hydrogen-bond donors (Lipinski definition) is 1. The van der Waals surface area contributed by atoms with Crippen LogP contribution < -0.4 is 9.80 Å². The maximum Gasteiger partial charge on any atom is 0.225 e. The van der Waals surface area contributed by atoms with Gasteiger partial charge in [0.15, 0.2) is 5.82 Å². The third kappa shape index (κ3) is 4.03. The molecule has 0 spiro atoms. The van der Waals surface area contributed by atoms with Crippen molar-refractivity contribution in [1.29, 1.82) is 0 Å². The van der Waals surface area contributed by atoms with Gasteiger partial charge in [-0.25, -0.2) is 0 Å². The smallest absolute Gasteiger partial charge is 0.225 e. The summed E-state index contributed by atoms with van der Waals surface area (Å²) in [6, 6.07) is 11.3. The molecule has 7 heteroatoms. The molecule has 2 aromatic rings. The number of anilines is 2. The second-order valence-electron chi connectivity index (χ2n) is 7.62. The summed E-state index contributed by atoms with van der Waals surface area (Å²) in [7, 11) is 0. The Morgan fingerprint density at radius 1 is 0.893 bits per heavy atom. The average Bonchev–Trinajstić information content (AvgIpc) is 2.75. The lowest BCUT2D eigenvalue weighted by atomic mass is 9.95. The van der Waals surface area contributed by atoms with E-state index < -0.39 is 0 Å². The van der Waals surface area contributed by atoms with Gasteiger partial charge in [0.05, 0.1) is 5.69 Å². The normalized spacial score (nSPS) is 18.4. The first-order chi connectivity index (χ1) is 13.6. The predicted molar refractivity (Wildman–Crippen MR) is 109 cm³/mol. The van der Waals surface area contributed by atoms with Crippen LogP contribution in [-0.4, -0.2) is 65.4 Å². The molecule has 0 saturated carbocycles. The number of rotatable bonds is 3. The molecular weight excluding hydrogens is 354 g/mol. The molecular formula is C21H27N5O2. The van der Waals surface area contributed by atoms with Crippen LogP contribution >= 0.6 is 0 Å². The van der Waals surface area contributed by atoms with Gasteiger partial charge in [-0.15, -0.1) is 5.10 Å². The van der Waals surface area contributed by atoms with Crippen molar-refractivity contribution in [3.05, 3.63) is 42.1 Å². The summed E-state index contributed by atoms with van der Waals surface area (Å²) in [5.41, 5.74) is 2.01. The van der Waals surface area contributed by atoms with Gasteiger partial charge in [-0.05, 0) is 56.2 Å². The second kappa shape index (κ2) is 8.04. The molecule has 2 fully saturated rings. The molecule has 0 radical (unpaired) electrons. The summed E-state index contributed by atoms with van der Waals surface area (Å²) in [4.78, 5) is 19.5. The zero-order valence-electron chi connectivity index (χ0n) is 16.3. The van der Waals surface area contributed by atoms with Gasteiger partial charge in [0.25, 0.3) is 0 Å². The Hall–Kier alpha value is -2.83. The third-order valence-corrected chi connectivity index (χ3v) is 5.76. The highest BCUT2D eigenvalue weighted by Crippen LogP contribution is 2.25. The Kier molecular flexibility index (Phi) is 5.32.